The van der Waals surface area contributed by atoms with Gasteiger partial charge >= 0.3 is 11.9 Å². The molecule has 4 rings (SSSR count). The molecule has 0 saturated heterocycles. The Bertz CT molecular complexity index is 1330. The lowest BCUT2D eigenvalue weighted by Gasteiger charge is -2.12. The van der Waals surface area contributed by atoms with Crippen LogP contribution in [0.5, 0.6) is 0 Å². The molecule has 0 aliphatic carbocycles. The minimum Gasteiger partial charge on any atom is -0.393 e. The van der Waals surface area contributed by atoms with Gasteiger partial charge in [0.05, 0.1) is 12.8 Å². The van der Waals surface area contributed by atoms with Crippen LogP contribution in [0.2, 0.25) is 0 Å². The molecule has 0 saturated carbocycles. The van der Waals surface area contributed by atoms with E-state index in [-0.39, 0.29) is 12.8 Å². The molecule has 34 heavy (non-hydrogen) atoms. The van der Waals surface area contributed by atoms with E-state index in [1.54, 1.807) is 12.1 Å². The third-order valence-corrected chi connectivity index (χ3v) is 5.48. The van der Waals surface area contributed by atoms with Crippen molar-refractivity contribution in [2.45, 2.75) is 19.8 Å². The predicted molar refractivity (Wildman–Crippen MR) is 127 cm³/mol. The summed E-state index contributed by atoms with van der Waals surface area (Å²) in [5.41, 5.74) is 4.91. The fourth-order valence-electron chi connectivity index (χ4n) is 3.84. The fraction of sp³-hybridized carbons (Fsp3) is 0.103. The van der Waals surface area contributed by atoms with Crippen molar-refractivity contribution in [3.05, 3.63) is 119 Å². The SMILES string of the molecule is Cc1ccc(-c2ccc(F)cc2CC(=O)OC(=O)Cc2cc(F)ccc2-c2ccccc2)cc1. The third kappa shape index (κ3) is 5.62. The molecule has 5 heteroatoms. The van der Waals surface area contributed by atoms with E-state index in [9.17, 15) is 18.4 Å². The zero-order valence-electron chi connectivity index (χ0n) is 18.6. The third-order valence-electron chi connectivity index (χ3n) is 5.48. The number of hydrogen-bond acceptors (Lipinski definition) is 3. The molecule has 0 heterocycles. The number of hydrogen-bond donors (Lipinski definition) is 0. The second kappa shape index (κ2) is 10.2. The van der Waals surface area contributed by atoms with Gasteiger partial charge < -0.3 is 4.74 Å². The van der Waals surface area contributed by atoms with Gasteiger partial charge in [-0.2, -0.15) is 0 Å². The number of carbonyl (C=O) groups is 2. The van der Waals surface area contributed by atoms with Crippen LogP contribution in [-0.4, -0.2) is 11.9 Å². The highest BCUT2D eigenvalue weighted by Gasteiger charge is 2.18. The summed E-state index contributed by atoms with van der Waals surface area (Å²) in [5.74, 6) is -2.59. The van der Waals surface area contributed by atoms with E-state index in [1.807, 2.05) is 61.5 Å². The van der Waals surface area contributed by atoms with Crippen molar-refractivity contribution in [2.24, 2.45) is 0 Å². The van der Waals surface area contributed by atoms with E-state index >= 15 is 0 Å². The first-order chi connectivity index (χ1) is 16.4. The summed E-state index contributed by atoms with van der Waals surface area (Å²) < 4.78 is 32.8. The Labute approximate surface area is 196 Å². The first kappa shape index (κ1) is 23.1. The van der Waals surface area contributed by atoms with E-state index in [1.165, 1.54) is 24.3 Å². The van der Waals surface area contributed by atoms with Crippen LogP contribution < -0.4 is 0 Å². The summed E-state index contributed by atoms with van der Waals surface area (Å²) in [7, 11) is 0. The molecule has 0 aliphatic heterocycles. The summed E-state index contributed by atoms with van der Waals surface area (Å²) >= 11 is 0. The van der Waals surface area contributed by atoms with Crippen molar-refractivity contribution < 1.29 is 23.1 Å². The van der Waals surface area contributed by atoms with Crippen molar-refractivity contribution in [1.29, 1.82) is 0 Å². The van der Waals surface area contributed by atoms with Gasteiger partial charge in [0, 0.05) is 0 Å². The number of aryl methyl sites for hydroxylation is 1. The number of rotatable bonds is 6. The standard InChI is InChI=1S/C29H22F2O3/c1-19-7-9-21(10-8-19)27-14-12-25(31)16-23(27)18-29(33)34-28(32)17-22-15-24(30)11-13-26(22)20-5-3-2-4-6-20/h2-16H,17-18H2,1H3. The Morgan fingerprint density at radius 2 is 1.12 bits per heavy atom. The molecule has 0 aliphatic rings. The first-order valence-corrected chi connectivity index (χ1v) is 10.8. The number of ether oxygens (including phenoxy) is 1. The van der Waals surface area contributed by atoms with Crippen LogP contribution in [0.15, 0.2) is 91.0 Å². The molecule has 0 unspecified atom stereocenters. The van der Waals surface area contributed by atoms with Gasteiger partial charge in [0.2, 0.25) is 0 Å². The highest BCUT2D eigenvalue weighted by molar-refractivity contribution is 5.89. The lowest BCUT2D eigenvalue weighted by atomic mass is 9.96. The summed E-state index contributed by atoms with van der Waals surface area (Å²) in [5, 5.41) is 0. The number of esters is 2. The Hall–Kier alpha value is -4.12. The van der Waals surface area contributed by atoms with Crippen LogP contribution in [0.4, 0.5) is 8.78 Å². The monoisotopic (exact) mass is 456 g/mol. The normalized spacial score (nSPS) is 10.7. The average molecular weight is 456 g/mol. The quantitative estimate of drug-likeness (QED) is 0.247. The van der Waals surface area contributed by atoms with Gasteiger partial charge in [-0.15, -0.1) is 0 Å². The summed E-state index contributed by atoms with van der Waals surface area (Å²) in [6, 6.07) is 25.2. The van der Waals surface area contributed by atoms with Crippen LogP contribution in [0.3, 0.4) is 0 Å². The second-order valence-electron chi connectivity index (χ2n) is 8.03. The molecular weight excluding hydrogens is 434 g/mol. The van der Waals surface area contributed by atoms with E-state index in [4.69, 9.17) is 4.74 Å². The Morgan fingerprint density at radius 3 is 1.62 bits per heavy atom. The van der Waals surface area contributed by atoms with Crippen molar-refractivity contribution in [3.63, 3.8) is 0 Å². The van der Waals surface area contributed by atoms with Crippen molar-refractivity contribution >= 4 is 11.9 Å². The molecule has 170 valence electrons. The first-order valence-electron chi connectivity index (χ1n) is 10.8. The predicted octanol–water partition coefficient (Wildman–Crippen LogP) is 6.46. The molecule has 4 aromatic carbocycles. The van der Waals surface area contributed by atoms with Gasteiger partial charge in [0.1, 0.15) is 11.6 Å². The molecule has 0 fully saturated rings. The zero-order valence-corrected chi connectivity index (χ0v) is 18.6. The van der Waals surface area contributed by atoms with Crippen LogP contribution >= 0.6 is 0 Å². The molecule has 0 amide bonds. The molecule has 0 radical (unpaired) electrons. The molecule has 0 atom stereocenters. The lowest BCUT2D eigenvalue weighted by Crippen LogP contribution is -2.17. The summed E-state index contributed by atoms with van der Waals surface area (Å²) in [4.78, 5) is 25.1. The van der Waals surface area contributed by atoms with Crippen LogP contribution in [0.1, 0.15) is 16.7 Å². The largest absolute Gasteiger partial charge is 0.393 e. The smallest absolute Gasteiger partial charge is 0.317 e. The lowest BCUT2D eigenvalue weighted by molar-refractivity contribution is -0.158. The van der Waals surface area contributed by atoms with Crippen molar-refractivity contribution in [3.8, 4) is 22.3 Å². The van der Waals surface area contributed by atoms with Gasteiger partial charge in [-0.1, -0.05) is 72.3 Å². The van der Waals surface area contributed by atoms with Crippen molar-refractivity contribution in [1.82, 2.24) is 0 Å². The van der Waals surface area contributed by atoms with E-state index in [0.29, 0.717) is 22.3 Å². The van der Waals surface area contributed by atoms with Crippen molar-refractivity contribution in [2.75, 3.05) is 0 Å². The zero-order chi connectivity index (χ0) is 24.1. The Morgan fingerprint density at radius 1 is 0.647 bits per heavy atom. The maximum absolute atomic E-state index is 13.9. The van der Waals surface area contributed by atoms with Crippen LogP contribution in [0.25, 0.3) is 22.3 Å². The molecular formula is C29H22F2O3. The van der Waals surface area contributed by atoms with Gasteiger partial charge in [-0.25, -0.2) is 8.78 Å². The van der Waals surface area contributed by atoms with Gasteiger partial charge in [0.25, 0.3) is 0 Å². The summed E-state index contributed by atoms with van der Waals surface area (Å²) in [6.07, 6.45) is -0.552. The highest BCUT2D eigenvalue weighted by atomic mass is 19.1. The minimum atomic E-state index is -0.805. The number of carbonyl (C=O) groups excluding carboxylic acids is 2. The second-order valence-corrected chi connectivity index (χ2v) is 8.03. The number of halogens is 2. The highest BCUT2D eigenvalue weighted by Crippen LogP contribution is 2.27. The Kier molecular flexibility index (Phi) is 6.93. The van der Waals surface area contributed by atoms with E-state index in [2.05, 4.69) is 0 Å². The maximum Gasteiger partial charge on any atom is 0.317 e. The molecule has 3 nitrogen and oxygen atoms in total. The van der Waals surface area contributed by atoms with Crippen LogP contribution in [0, 0.1) is 18.6 Å². The molecule has 0 aromatic heterocycles. The van der Waals surface area contributed by atoms with Gasteiger partial charge in [-0.05, 0) is 64.6 Å². The average Bonchev–Trinajstić information content (AvgIpc) is 2.80. The molecule has 0 spiro atoms. The fourth-order valence-corrected chi connectivity index (χ4v) is 3.84. The van der Waals surface area contributed by atoms with Crippen LogP contribution in [-0.2, 0) is 27.2 Å². The molecule has 0 bridgehead atoms. The molecule has 4 aromatic rings. The maximum atomic E-state index is 13.9. The van der Waals surface area contributed by atoms with Gasteiger partial charge in [-0.3, -0.25) is 9.59 Å². The topological polar surface area (TPSA) is 43.4 Å². The summed E-state index contributed by atoms with van der Waals surface area (Å²) in [6.45, 7) is 1.96. The molecule has 0 N–H and O–H groups in total. The number of benzene rings is 4. The Balaban J connectivity index is 1.50. The van der Waals surface area contributed by atoms with E-state index in [0.717, 1.165) is 16.7 Å². The van der Waals surface area contributed by atoms with E-state index < -0.39 is 23.6 Å². The van der Waals surface area contributed by atoms with Gasteiger partial charge in [0.15, 0.2) is 0 Å². The minimum absolute atomic E-state index is 0.276.